The summed E-state index contributed by atoms with van der Waals surface area (Å²) < 4.78 is 7.11. The van der Waals surface area contributed by atoms with Crippen LogP contribution in [-0.2, 0) is 15.1 Å². The van der Waals surface area contributed by atoms with Crippen LogP contribution in [0.2, 0.25) is 0 Å². The molecule has 1 fully saturated rings. The highest BCUT2D eigenvalue weighted by atomic mass is 16.5. The SMILES string of the molecule is COCCN1C(=O)CC2(CCN(C(=O)NC(C)C)CC2)n2nccc21. The number of carbonyl (C=O) groups excluding carboxylic acids is 2. The van der Waals surface area contributed by atoms with Gasteiger partial charge in [-0.15, -0.1) is 0 Å². The molecule has 0 atom stereocenters. The van der Waals surface area contributed by atoms with E-state index in [0.29, 0.717) is 32.7 Å². The number of hydrogen-bond acceptors (Lipinski definition) is 4. The average Bonchev–Trinajstić information content (AvgIpc) is 3.05. The summed E-state index contributed by atoms with van der Waals surface area (Å²) in [6.07, 6.45) is 3.63. The second kappa shape index (κ2) is 7.03. The number of anilines is 1. The number of fused-ring (bicyclic) bond motifs is 2. The summed E-state index contributed by atoms with van der Waals surface area (Å²) in [6, 6.07) is 1.97. The van der Waals surface area contributed by atoms with Crippen molar-refractivity contribution in [1.29, 1.82) is 0 Å². The minimum absolute atomic E-state index is 0.0330. The number of nitrogens with zero attached hydrogens (tertiary/aromatic N) is 4. The van der Waals surface area contributed by atoms with Crippen molar-refractivity contribution in [3.05, 3.63) is 12.3 Å². The smallest absolute Gasteiger partial charge is 0.317 e. The van der Waals surface area contributed by atoms with E-state index in [-0.39, 0.29) is 23.5 Å². The molecule has 8 heteroatoms. The maximum atomic E-state index is 12.7. The zero-order chi connectivity index (χ0) is 18.0. The van der Waals surface area contributed by atoms with Crippen molar-refractivity contribution in [2.45, 2.75) is 44.7 Å². The van der Waals surface area contributed by atoms with Gasteiger partial charge in [0.2, 0.25) is 5.91 Å². The number of aromatic nitrogens is 2. The highest BCUT2D eigenvalue weighted by Crippen LogP contribution is 2.40. The Morgan fingerprint density at radius 2 is 2.12 bits per heavy atom. The third kappa shape index (κ3) is 3.35. The van der Waals surface area contributed by atoms with E-state index in [1.54, 1.807) is 18.2 Å². The van der Waals surface area contributed by atoms with Crippen molar-refractivity contribution in [2.24, 2.45) is 0 Å². The molecule has 8 nitrogen and oxygen atoms in total. The topological polar surface area (TPSA) is 79.7 Å². The number of hydrogen-bond donors (Lipinski definition) is 1. The first-order valence-electron chi connectivity index (χ1n) is 8.86. The van der Waals surface area contributed by atoms with Crippen LogP contribution in [-0.4, -0.2) is 66.0 Å². The molecule has 0 unspecified atom stereocenters. The van der Waals surface area contributed by atoms with Crippen molar-refractivity contribution >= 4 is 17.8 Å². The molecule has 3 heterocycles. The number of amides is 3. The molecule has 1 saturated heterocycles. The second-order valence-corrected chi connectivity index (χ2v) is 7.13. The Balaban J connectivity index is 1.75. The number of nitrogens with one attached hydrogen (secondary N) is 1. The molecule has 138 valence electrons. The van der Waals surface area contributed by atoms with Crippen molar-refractivity contribution < 1.29 is 14.3 Å². The summed E-state index contributed by atoms with van der Waals surface area (Å²) in [6.45, 7) is 6.18. The van der Waals surface area contributed by atoms with Gasteiger partial charge in [-0.2, -0.15) is 5.10 Å². The molecule has 0 saturated carbocycles. The summed E-state index contributed by atoms with van der Waals surface area (Å²) in [5, 5.41) is 7.44. The summed E-state index contributed by atoms with van der Waals surface area (Å²) in [5.74, 6) is 0.929. The quantitative estimate of drug-likeness (QED) is 0.885. The normalized spacial score (nSPS) is 19.4. The summed E-state index contributed by atoms with van der Waals surface area (Å²) >= 11 is 0. The van der Waals surface area contributed by atoms with Gasteiger partial charge in [0.05, 0.1) is 31.3 Å². The highest BCUT2D eigenvalue weighted by molar-refractivity contribution is 5.94. The van der Waals surface area contributed by atoms with Gasteiger partial charge in [0.1, 0.15) is 5.82 Å². The minimum Gasteiger partial charge on any atom is -0.383 e. The lowest BCUT2D eigenvalue weighted by molar-refractivity contribution is -0.123. The molecule has 0 aromatic carbocycles. The lowest BCUT2D eigenvalue weighted by Crippen LogP contribution is -2.56. The summed E-state index contributed by atoms with van der Waals surface area (Å²) in [4.78, 5) is 28.5. The summed E-state index contributed by atoms with van der Waals surface area (Å²) in [7, 11) is 1.63. The van der Waals surface area contributed by atoms with Gasteiger partial charge < -0.3 is 15.0 Å². The molecule has 1 N–H and O–H groups in total. The number of piperidine rings is 1. The maximum Gasteiger partial charge on any atom is 0.317 e. The molecule has 0 aliphatic carbocycles. The zero-order valence-corrected chi connectivity index (χ0v) is 15.2. The molecule has 2 aliphatic rings. The van der Waals surface area contributed by atoms with Crippen molar-refractivity contribution in [3.63, 3.8) is 0 Å². The lowest BCUT2D eigenvalue weighted by Gasteiger charge is -2.46. The van der Waals surface area contributed by atoms with Crippen LogP contribution >= 0.6 is 0 Å². The van der Waals surface area contributed by atoms with Crippen LogP contribution in [0.25, 0.3) is 0 Å². The van der Waals surface area contributed by atoms with E-state index in [4.69, 9.17) is 4.74 Å². The fourth-order valence-corrected chi connectivity index (χ4v) is 3.72. The van der Waals surface area contributed by atoms with Gasteiger partial charge in [-0.3, -0.25) is 9.69 Å². The largest absolute Gasteiger partial charge is 0.383 e. The molecule has 1 aromatic heterocycles. The van der Waals surface area contributed by atoms with E-state index in [1.807, 2.05) is 29.5 Å². The van der Waals surface area contributed by atoms with E-state index >= 15 is 0 Å². The molecule has 2 aliphatic heterocycles. The van der Waals surface area contributed by atoms with Crippen LogP contribution in [0.15, 0.2) is 12.3 Å². The van der Waals surface area contributed by atoms with Gasteiger partial charge in [0.25, 0.3) is 0 Å². The molecular weight excluding hydrogens is 322 g/mol. The van der Waals surface area contributed by atoms with Crippen molar-refractivity contribution in [1.82, 2.24) is 20.0 Å². The molecule has 1 aromatic rings. The molecule has 1 spiro atoms. The first-order chi connectivity index (χ1) is 12.0. The fraction of sp³-hybridized carbons (Fsp3) is 0.706. The Bertz CT molecular complexity index is 634. The first-order valence-corrected chi connectivity index (χ1v) is 8.86. The Morgan fingerprint density at radius 3 is 2.76 bits per heavy atom. The number of rotatable bonds is 4. The third-order valence-corrected chi connectivity index (χ3v) is 5.04. The highest BCUT2D eigenvalue weighted by Gasteiger charge is 2.46. The minimum atomic E-state index is -0.325. The summed E-state index contributed by atoms with van der Waals surface area (Å²) in [5.41, 5.74) is -0.325. The molecule has 0 bridgehead atoms. The number of ether oxygens (including phenoxy) is 1. The van der Waals surface area contributed by atoms with Crippen LogP contribution in [0, 0.1) is 0 Å². The van der Waals surface area contributed by atoms with Gasteiger partial charge in [-0.1, -0.05) is 0 Å². The molecule has 3 rings (SSSR count). The predicted molar refractivity (Wildman–Crippen MR) is 93.5 cm³/mol. The van der Waals surface area contributed by atoms with E-state index in [2.05, 4.69) is 10.4 Å². The van der Waals surface area contributed by atoms with Gasteiger partial charge >= 0.3 is 6.03 Å². The van der Waals surface area contributed by atoms with Gasteiger partial charge in [-0.25, -0.2) is 9.48 Å². The van der Waals surface area contributed by atoms with Gasteiger partial charge in [0, 0.05) is 32.3 Å². The van der Waals surface area contributed by atoms with Gasteiger partial charge in [0.15, 0.2) is 0 Å². The second-order valence-electron chi connectivity index (χ2n) is 7.13. The maximum absolute atomic E-state index is 12.7. The van der Waals surface area contributed by atoms with Crippen LogP contribution in [0.5, 0.6) is 0 Å². The first kappa shape index (κ1) is 17.7. The van der Waals surface area contributed by atoms with E-state index in [0.717, 1.165) is 18.7 Å². The Morgan fingerprint density at radius 1 is 1.40 bits per heavy atom. The fourth-order valence-electron chi connectivity index (χ4n) is 3.72. The Hall–Kier alpha value is -2.09. The molecular formula is C17H27N5O3. The number of carbonyl (C=O) groups is 2. The molecule has 3 amide bonds. The lowest BCUT2D eigenvalue weighted by atomic mass is 9.82. The van der Waals surface area contributed by atoms with Crippen molar-refractivity contribution in [2.75, 3.05) is 38.3 Å². The van der Waals surface area contributed by atoms with Crippen LogP contribution < -0.4 is 10.2 Å². The number of methoxy groups -OCH3 is 1. The number of urea groups is 1. The third-order valence-electron chi connectivity index (χ3n) is 5.04. The van der Waals surface area contributed by atoms with Crippen LogP contribution in [0.1, 0.15) is 33.1 Å². The standard InChI is InChI=1S/C17H27N5O3/c1-13(2)19-16(24)20-8-5-17(6-9-20)12-15(23)21(10-11-25-3)14-4-7-18-22(14)17/h4,7,13H,5-6,8-12H2,1-3H3,(H,19,24). The monoisotopic (exact) mass is 349 g/mol. The predicted octanol–water partition coefficient (Wildman–Crippen LogP) is 1.18. The Kier molecular flexibility index (Phi) is 4.99. The Labute approximate surface area is 148 Å². The number of likely N-dealkylation sites (tertiary alicyclic amines) is 1. The van der Waals surface area contributed by atoms with Crippen LogP contribution in [0.4, 0.5) is 10.6 Å². The molecule has 0 radical (unpaired) electrons. The van der Waals surface area contributed by atoms with Crippen molar-refractivity contribution in [3.8, 4) is 0 Å². The average molecular weight is 349 g/mol. The van der Waals surface area contributed by atoms with E-state index < -0.39 is 0 Å². The molecule has 25 heavy (non-hydrogen) atoms. The van der Waals surface area contributed by atoms with Gasteiger partial charge in [-0.05, 0) is 26.7 Å². The van der Waals surface area contributed by atoms with E-state index in [9.17, 15) is 9.59 Å². The van der Waals surface area contributed by atoms with E-state index in [1.165, 1.54) is 0 Å². The zero-order valence-electron chi connectivity index (χ0n) is 15.2. The van der Waals surface area contributed by atoms with Crippen LogP contribution in [0.3, 0.4) is 0 Å².